The zero-order valence-electron chi connectivity index (χ0n) is 21.2. The van der Waals surface area contributed by atoms with Crippen LogP contribution in [0.15, 0.2) is 41.3 Å². The Balaban J connectivity index is 1.38. The number of piperazine rings is 1. The number of aromatic nitrogens is 4. The third kappa shape index (κ3) is 6.80. The lowest BCUT2D eigenvalue weighted by molar-refractivity contribution is -0.137. The molecule has 0 aliphatic carbocycles. The van der Waals surface area contributed by atoms with Crippen molar-refractivity contribution in [3.8, 4) is 0 Å². The van der Waals surface area contributed by atoms with Gasteiger partial charge in [-0.3, -0.25) is 9.59 Å². The number of amides is 2. The Kier molecular flexibility index (Phi) is 8.20. The van der Waals surface area contributed by atoms with Gasteiger partial charge in [0.2, 0.25) is 15.9 Å². The minimum atomic E-state index is -4.54. The standard InChI is InChI=1S/C24H25F4N7O4S/c1-15-30-32-35(31-15)14-17-12-18(24(26,27)28)4-2-16(17)3-7-22(36)33-8-10-34(11-9-33)23(37)20-6-5-19(13-21(20)25)40(29,38)39/h2,4-6,12-13H,3,7-11,14H2,1H3,(H2,29,38,39). The Hall–Kier alpha value is -3.92. The van der Waals surface area contributed by atoms with Crippen LogP contribution in [-0.2, 0) is 34.0 Å². The molecule has 1 saturated heterocycles. The number of rotatable bonds is 7. The molecule has 3 aromatic rings. The van der Waals surface area contributed by atoms with E-state index in [0.29, 0.717) is 23.0 Å². The molecule has 0 bridgehead atoms. The maximum atomic E-state index is 14.4. The van der Waals surface area contributed by atoms with Crippen LogP contribution in [0.4, 0.5) is 17.6 Å². The largest absolute Gasteiger partial charge is 0.416 e. The first kappa shape index (κ1) is 29.1. The Labute approximate surface area is 226 Å². The Bertz CT molecular complexity index is 1530. The van der Waals surface area contributed by atoms with Gasteiger partial charge < -0.3 is 9.80 Å². The summed E-state index contributed by atoms with van der Waals surface area (Å²) in [5.74, 6) is -1.57. The molecule has 214 valence electrons. The number of hydrogen-bond donors (Lipinski definition) is 1. The van der Waals surface area contributed by atoms with E-state index >= 15 is 0 Å². The summed E-state index contributed by atoms with van der Waals surface area (Å²) in [5.41, 5.74) is -0.306. The molecule has 11 nitrogen and oxygen atoms in total. The van der Waals surface area contributed by atoms with E-state index in [1.54, 1.807) is 6.92 Å². The van der Waals surface area contributed by atoms with E-state index in [1.807, 2.05) is 0 Å². The quantitative estimate of drug-likeness (QED) is 0.418. The predicted molar refractivity (Wildman–Crippen MR) is 132 cm³/mol. The van der Waals surface area contributed by atoms with Gasteiger partial charge >= 0.3 is 6.18 Å². The molecule has 0 saturated carbocycles. The lowest BCUT2D eigenvalue weighted by Crippen LogP contribution is -2.50. The average molecular weight is 584 g/mol. The first-order valence-electron chi connectivity index (χ1n) is 12.0. The molecule has 2 heterocycles. The molecule has 0 atom stereocenters. The van der Waals surface area contributed by atoms with E-state index in [2.05, 4.69) is 15.4 Å². The number of nitrogens with zero attached hydrogens (tertiary/aromatic N) is 6. The van der Waals surface area contributed by atoms with Crippen molar-refractivity contribution in [2.75, 3.05) is 26.2 Å². The predicted octanol–water partition coefficient (Wildman–Crippen LogP) is 1.75. The molecule has 1 aliphatic heterocycles. The summed E-state index contributed by atoms with van der Waals surface area (Å²) < 4.78 is 77.1. The third-order valence-corrected chi connectivity index (χ3v) is 7.34. The number of aryl methyl sites for hydroxylation is 2. The van der Waals surface area contributed by atoms with Crippen molar-refractivity contribution in [2.24, 2.45) is 5.14 Å². The summed E-state index contributed by atoms with van der Waals surface area (Å²) in [4.78, 5) is 29.2. The highest BCUT2D eigenvalue weighted by Gasteiger charge is 2.31. The molecule has 4 rings (SSSR count). The average Bonchev–Trinajstić information content (AvgIpc) is 3.30. The fourth-order valence-corrected chi connectivity index (χ4v) is 4.84. The molecule has 2 N–H and O–H groups in total. The highest BCUT2D eigenvalue weighted by atomic mass is 32.2. The van der Waals surface area contributed by atoms with Crippen LogP contribution in [0.3, 0.4) is 0 Å². The number of carbonyl (C=O) groups excluding carboxylic acids is 2. The Morgan fingerprint density at radius 1 is 1.00 bits per heavy atom. The van der Waals surface area contributed by atoms with Gasteiger partial charge in [0.15, 0.2) is 5.82 Å². The molecule has 16 heteroatoms. The minimum Gasteiger partial charge on any atom is -0.339 e. The van der Waals surface area contributed by atoms with E-state index < -0.39 is 38.4 Å². The van der Waals surface area contributed by atoms with Gasteiger partial charge in [0, 0.05) is 32.6 Å². The highest BCUT2D eigenvalue weighted by molar-refractivity contribution is 7.89. The topological polar surface area (TPSA) is 144 Å². The van der Waals surface area contributed by atoms with Crippen LogP contribution in [-0.4, -0.2) is 76.4 Å². The van der Waals surface area contributed by atoms with E-state index in [9.17, 15) is 35.6 Å². The number of alkyl halides is 3. The van der Waals surface area contributed by atoms with Gasteiger partial charge in [0.05, 0.1) is 22.6 Å². The van der Waals surface area contributed by atoms with Crippen LogP contribution in [0.2, 0.25) is 0 Å². The van der Waals surface area contributed by atoms with Gasteiger partial charge in [-0.25, -0.2) is 17.9 Å². The maximum Gasteiger partial charge on any atom is 0.416 e. The number of hydrogen-bond acceptors (Lipinski definition) is 7. The lowest BCUT2D eigenvalue weighted by atomic mass is 9.99. The smallest absolute Gasteiger partial charge is 0.339 e. The van der Waals surface area contributed by atoms with Crippen molar-refractivity contribution in [3.63, 3.8) is 0 Å². The van der Waals surface area contributed by atoms with Crippen molar-refractivity contribution < 1.29 is 35.6 Å². The molecule has 1 fully saturated rings. The monoisotopic (exact) mass is 583 g/mol. The van der Waals surface area contributed by atoms with Crippen molar-refractivity contribution in [1.29, 1.82) is 0 Å². The summed E-state index contributed by atoms with van der Waals surface area (Å²) in [5, 5.41) is 16.5. The van der Waals surface area contributed by atoms with Crippen LogP contribution in [0.1, 0.15) is 39.3 Å². The van der Waals surface area contributed by atoms with Gasteiger partial charge in [-0.15, -0.1) is 10.2 Å². The van der Waals surface area contributed by atoms with Gasteiger partial charge in [0.1, 0.15) is 5.82 Å². The summed E-state index contributed by atoms with van der Waals surface area (Å²) in [6.07, 6.45) is -4.36. The van der Waals surface area contributed by atoms with E-state index in [0.717, 1.165) is 24.3 Å². The highest BCUT2D eigenvalue weighted by Crippen LogP contribution is 2.31. The molecule has 40 heavy (non-hydrogen) atoms. The SMILES string of the molecule is Cc1nnn(Cc2cc(C(F)(F)F)ccc2CCC(=O)N2CCN(C(=O)c3ccc(S(N)(=O)=O)cc3F)CC2)n1. The molecule has 0 spiro atoms. The van der Waals surface area contributed by atoms with E-state index in [4.69, 9.17) is 5.14 Å². The van der Waals surface area contributed by atoms with Crippen LogP contribution in [0, 0.1) is 12.7 Å². The van der Waals surface area contributed by atoms with Crippen LogP contribution in [0.5, 0.6) is 0 Å². The zero-order valence-corrected chi connectivity index (χ0v) is 22.0. The fraction of sp³-hybridized carbons (Fsp3) is 0.375. The minimum absolute atomic E-state index is 0.0137. The Morgan fingerprint density at radius 3 is 2.25 bits per heavy atom. The normalized spacial score (nSPS) is 14.4. The fourth-order valence-electron chi connectivity index (χ4n) is 4.31. The summed E-state index contributed by atoms with van der Waals surface area (Å²) in [7, 11) is -4.13. The molecule has 0 radical (unpaired) electrons. The summed E-state index contributed by atoms with van der Waals surface area (Å²) in [6.45, 7) is 2.12. The second-order valence-corrected chi connectivity index (χ2v) is 10.8. The van der Waals surface area contributed by atoms with Gasteiger partial charge in [-0.05, 0) is 60.0 Å². The second kappa shape index (κ2) is 11.3. The molecular formula is C24H25F4N7O4S. The molecule has 0 unspecified atom stereocenters. The number of primary sulfonamides is 1. The summed E-state index contributed by atoms with van der Waals surface area (Å²) in [6, 6.07) is 6.08. The molecular weight excluding hydrogens is 558 g/mol. The number of benzene rings is 2. The Morgan fingerprint density at radius 2 is 1.68 bits per heavy atom. The molecule has 2 amide bonds. The van der Waals surface area contributed by atoms with Gasteiger partial charge in [-0.1, -0.05) is 6.07 Å². The van der Waals surface area contributed by atoms with E-state index in [-0.39, 0.29) is 57.0 Å². The second-order valence-electron chi connectivity index (χ2n) is 9.21. The molecule has 1 aliphatic rings. The van der Waals surface area contributed by atoms with Crippen LogP contribution in [0.25, 0.3) is 0 Å². The number of carbonyl (C=O) groups is 2. The number of halogens is 4. The first-order valence-corrected chi connectivity index (χ1v) is 13.6. The number of tetrazole rings is 1. The number of sulfonamides is 1. The van der Waals surface area contributed by atoms with Crippen molar-refractivity contribution in [2.45, 2.75) is 37.4 Å². The maximum absolute atomic E-state index is 14.4. The lowest BCUT2D eigenvalue weighted by Gasteiger charge is -2.35. The summed E-state index contributed by atoms with van der Waals surface area (Å²) >= 11 is 0. The van der Waals surface area contributed by atoms with Crippen molar-refractivity contribution in [1.82, 2.24) is 30.0 Å². The molecule has 1 aromatic heterocycles. The van der Waals surface area contributed by atoms with Crippen LogP contribution >= 0.6 is 0 Å². The van der Waals surface area contributed by atoms with Crippen LogP contribution < -0.4 is 5.14 Å². The van der Waals surface area contributed by atoms with Crippen molar-refractivity contribution >= 4 is 21.8 Å². The zero-order chi connectivity index (χ0) is 29.2. The first-order chi connectivity index (χ1) is 18.7. The molecule has 2 aromatic carbocycles. The van der Waals surface area contributed by atoms with E-state index in [1.165, 1.54) is 20.7 Å². The van der Waals surface area contributed by atoms with Gasteiger partial charge in [-0.2, -0.15) is 18.0 Å². The number of nitrogens with two attached hydrogens (primary N) is 1. The van der Waals surface area contributed by atoms with Crippen molar-refractivity contribution in [3.05, 3.63) is 70.3 Å². The third-order valence-electron chi connectivity index (χ3n) is 6.43. The van der Waals surface area contributed by atoms with Gasteiger partial charge in [0.25, 0.3) is 5.91 Å².